The van der Waals surface area contributed by atoms with E-state index in [0.717, 1.165) is 53.9 Å². The minimum absolute atomic E-state index is 0. The first-order valence-electron chi connectivity index (χ1n) is 12.5. The van der Waals surface area contributed by atoms with Crippen LogP contribution in [0.25, 0.3) is 11.1 Å². The van der Waals surface area contributed by atoms with Crippen LogP contribution < -0.4 is 9.47 Å². The Labute approximate surface area is 216 Å². The second-order valence-electron chi connectivity index (χ2n) is 9.83. The second-order valence-corrected chi connectivity index (χ2v) is 9.83. The minimum Gasteiger partial charge on any atom is -0.492 e. The first-order valence-corrected chi connectivity index (χ1v) is 12.5. The zero-order chi connectivity index (χ0) is 25.5. The van der Waals surface area contributed by atoms with Crippen LogP contribution in [0, 0.1) is 23.5 Å². The van der Waals surface area contributed by atoms with Crippen molar-refractivity contribution in [1.82, 2.24) is 4.90 Å². The third-order valence-corrected chi connectivity index (χ3v) is 7.31. The van der Waals surface area contributed by atoms with Crippen LogP contribution in [0.1, 0.15) is 36.7 Å². The van der Waals surface area contributed by atoms with Crippen LogP contribution in [0.4, 0.5) is 13.2 Å². The second kappa shape index (κ2) is 9.75. The van der Waals surface area contributed by atoms with Gasteiger partial charge in [-0.3, -0.25) is 9.29 Å². The number of hydrogen-bond acceptors (Lipinski definition) is 3. The topological polar surface area (TPSA) is 21.7 Å². The number of likely N-dealkylation sites (tertiary alicyclic amines) is 1. The Morgan fingerprint density at radius 3 is 2.51 bits per heavy atom. The Hall–Kier alpha value is -3.51. The van der Waals surface area contributed by atoms with Gasteiger partial charge in [0.05, 0.1) is 6.67 Å². The molecule has 0 spiro atoms. The lowest BCUT2D eigenvalue weighted by Gasteiger charge is -2.37. The van der Waals surface area contributed by atoms with E-state index in [4.69, 9.17) is 9.47 Å². The quantitative estimate of drug-likeness (QED) is 0.328. The third-order valence-electron chi connectivity index (χ3n) is 7.31. The summed E-state index contributed by atoms with van der Waals surface area (Å²) < 4.78 is 54.3. The number of fused-ring (bicyclic) bond motifs is 1. The van der Waals surface area contributed by atoms with Crippen molar-refractivity contribution >= 4 is 11.1 Å². The summed E-state index contributed by atoms with van der Waals surface area (Å²) in [7, 11) is 0. The van der Waals surface area contributed by atoms with Crippen molar-refractivity contribution < 1.29 is 24.1 Å². The highest BCUT2D eigenvalue weighted by Gasteiger charge is 2.32. The molecular formula is C31H29F3NO2. The van der Waals surface area contributed by atoms with Crippen molar-refractivity contribution in [3.05, 3.63) is 113 Å². The molecule has 0 aromatic heterocycles. The SMILES string of the molecule is CC1=C(c2cccc(F)c2F)C(c2ccc(OCCN3CC(CF)C3)cc2)Oc2ccc([C]3C=C3)cc21.[HH]. The molecule has 2 aliphatic heterocycles. The molecule has 1 radical (unpaired) electrons. The monoisotopic (exact) mass is 504 g/mol. The average molecular weight is 505 g/mol. The summed E-state index contributed by atoms with van der Waals surface area (Å²) in [6, 6.07) is 17.8. The van der Waals surface area contributed by atoms with Crippen LogP contribution in [0.15, 0.2) is 72.8 Å². The van der Waals surface area contributed by atoms with Crippen LogP contribution in [0.5, 0.6) is 11.5 Å². The van der Waals surface area contributed by atoms with E-state index >= 15 is 4.39 Å². The van der Waals surface area contributed by atoms with E-state index in [1.165, 1.54) is 6.07 Å². The molecule has 1 fully saturated rings. The zero-order valence-corrected chi connectivity index (χ0v) is 20.5. The summed E-state index contributed by atoms with van der Waals surface area (Å²) in [5.41, 5.74) is 4.39. The van der Waals surface area contributed by atoms with Gasteiger partial charge >= 0.3 is 0 Å². The predicted octanol–water partition coefficient (Wildman–Crippen LogP) is 7.05. The number of hydrogen-bond donors (Lipinski definition) is 0. The molecule has 1 aliphatic carbocycles. The van der Waals surface area contributed by atoms with Gasteiger partial charge in [0.15, 0.2) is 11.6 Å². The lowest BCUT2D eigenvalue weighted by atomic mass is 9.85. The summed E-state index contributed by atoms with van der Waals surface area (Å²) in [5, 5.41) is 0. The van der Waals surface area contributed by atoms with Crippen molar-refractivity contribution in [3.8, 4) is 11.5 Å². The number of nitrogens with zero attached hydrogens (tertiary/aromatic N) is 1. The summed E-state index contributed by atoms with van der Waals surface area (Å²) in [6.45, 7) is 4.50. The Morgan fingerprint density at radius 2 is 1.78 bits per heavy atom. The van der Waals surface area contributed by atoms with Gasteiger partial charge in [0.1, 0.15) is 24.2 Å². The van der Waals surface area contributed by atoms with Gasteiger partial charge in [-0.05, 0) is 54.0 Å². The van der Waals surface area contributed by atoms with E-state index in [-0.39, 0.29) is 19.6 Å². The molecule has 191 valence electrons. The molecule has 0 N–H and O–H groups in total. The summed E-state index contributed by atoms with van der Waals surface area (Å²) in [5.74, 6) is 0.948. The summed E-state index contributed by atoms with van der Waals surface area (Å²) in [4.78, 5) is 2.17. The molecule has 6 heteroatoms. The maximum atomic E-state index is 15.1. The van der Waals surface area contributed by atoms with Gasteiger partial charge in [-0.2, -0.15) is 0 Å². The average Bonchev–Trinajstić information content (AvgIpc) is 3.73. The molecule has 1 atom stereocenters. The van der Waals surface area contributed by atoms with Crippen molar-refractivity contribution in [2.45, 2.75) is 13.0 Å². The Bertz CT molecular complexity index is 1380. The van der Waals surface area contributed by atoms with Gasteiger partial charge in [-0.15, -0.1) is 0 Å². The number of alkyl halides is 1. The lowest BCUT2D eigenvalue weighted by Crippen LogP contribution is -2.49. The van der Waals surface area contributed by atoms with Crippen LogP contribution in [0.3, 0.4) is 0 Å². The number of allylic oxidation sites excluding steroid dienone is 3. The largest absolute Gasteiger partial charge is 0.492 e. The zero-order valence-electron chi connectivity index (χ0n) is 20.5. The van der Waals surface area contributed by atoms with Crippen molar-refractivity contribution in [2.75, 3.05) is 32.9 Å². The van der Waals surface area contributed by atoms with E-state index in [0.29, 0.717) is 23.7 Å². The van der Waals surface area contributed by atoms with Crippen LogP contribution in [-0.2, 0) is 0 Å². The smallest absolute Gasteiger partial charge is 0.166 e. The summed E-state index contributed by atoms with van der Waals surface area (Å²) >= 11 is 0. The normalized spacial score (nSPS) is 19.4. The number of rotatable bonds is 8. The van der Waals surface area contributed by atoms with Gasteiger partial charge in [-0.25, -0.2) is 8.78 Å². The lowest BCUT2D eigenvalue weighted by molar-refractivity contribution is 0.0668. The fourth-order valence-corrected chi connectivity index (χ4v) is 5.15. The molecule has 3 nitrogen and oxygen atoms in total. The van der Waals surface area contributed by atoms with E-state index < -0.39 is 17.7 Å². The molecule has 6 rings (SSSR count). The van der Waals surface area contributed by atoms with E-state index in [9.17, 15) is 8.78 Å². The molecule has 1 saturated heterocycles. The summed E-state index contributed by atoms with van der Waals surface area (Å²) in [6.07, 6.45) is 3.46. The molecule has 3 aromatic rings. The third kappa shape index (κ3) is 4.66. The molecule has 0 saturated carbocycles. The minimum atomic E-state index is -0.891. The fraction of sp³-hybridized carbons (Fsp3) is 0.258. The van der Waals surface area contributed by atoms with Crippen LogP contribution in [-0.4, -0.2) is 37.8 Å². The molecule has 3 aromatic carbocycles. The molecule has 37 heavy (non-hydrogen) atoms. The highest BCUT2D eigenvalue weighted by atomic mass is 19.2. The Balaban J connectivity index is 0.00000294. The van der Waals surface area contributed by atoms with Gasteiger partial charge < -0.3 is 9.47 Å². The maximum absolute atomic E-state index is 15.1. The molecule has 2 heterocycles. The number of halogens is 3. The van der Waals surface area contributed by atoms with E-state index in [1.54, 1.807) is 6.07 Å². The van der Waals surface area contributed by atoms with Crippen LogP contribution in [0.2, 0.25) is 0 Å². The Kier molecular flexibility index (Phi) is 6.29. The van der Waals surface area contributed by atoms with E-state index in [1.807, 2.05) is 61.5 Å². The molecule has 1 unspecified atom stereocenters. The van der Waals surface area contributed by atoms with Crippen LogP contribution >= 0.6 is 0 Å². The van der Waals surface area contributed by atoms with E-state index in [2.05, 4.69) is 4.90 Å². The number of ether oxygens (including phenoxy) is 2. The molecule has 3 aliphatic rings. The maximum Gasteiger partial charge on any atom is 0.166 e. The van der Waals surface area contributed by atoms with Gasteiger partial charge in [0, 0.05) is 49.6 Å². The fourth-order valence-electron chi connectivity index (χ4n) is 5.15. The molecular weight excluding hydrogens is 475 g/mol. The van der Waals surface area contributed by atoms with Crippen molar-refractivity contribution in [1.29, 1.82) is 0 Å². The van der Waals surface area contributed by atoms with Gasteiger partial charge in [-0.1, -0.05) is 42.5 Å². The number of benzene rings is 3. The molecule has 0 bridgehead atoms. The highest BCUT2D eigenvalue weighted by molar-refractivity contribution is 5.96. The highest BCUT2D eigenvalue weighted by Crippen LogP contribution is 2.48. The van der Waals surface area contributed by atoms with Gasteiger partial charge in [0.25, 0.3) is 0 Å². The first kappa shape index (κ1) is 23.9. The predicted molar refractivity (Wildman–Crippen MR) is 140 cm³/mol. The molecule has 0 amide bonds. The Morgan fingerprint density at radius 1 is 1.00 bits per heavy atom. The van der Waals surface area contributed by atoms with Crippen molar-refractivity contribution in [3.63, 3.8) is 0 Å². The van der Waals surface area contributed by atoms with Gasteiger partial charge in [0.2, 0.25) is 0 Å². The van der Waals surface area contributed by atoms with Crippen molar-refractivity contribution in [2.24, 2.45) is 5.92 Å². The standard InChI is InChI=1S/C31H27F3NO2.H2/c1-19-26-15-23(21-5-6-21)9-12-28(26)37-31(29(19)25-3-2-4-27(33)30(25)34)22-7-10-24(11-8-22)36-14-13-35-17-20(16-32)18-35;/h2-12,15,20,31H,13-14,16-18H2,1H3;1H. The first-order chi connectivity index (χ1) is 18.0.